The molecule has 1 aliphatic heterocycles. The number of hydrogen-bond donors (Lipinski definition) is 0. The number of rotatable bonds is 2. The van der Waals surface area contributed by atoms with Crippen molar-refractivity contribution in [2.24, 2.45) is 7.05 Å². The summed E-state index contributed by atoms with van der Waals surface area (Å²) in [5, 5.41) is 4.19. The number of likely N-dealkylation sites (tertiary alicyclic amines) is 1. The van der Waals surface area contributed by atoms with Gasteiger partial charge in [-0.25, -0.2) is 9.97 Å². The van der Waals surface area contributed by atoms with Gasteiger partial charge in [-0.3, -0.25) is 9.48 Å². The Kier molecular flexibility index (Phi) is 3.45. The first-order valence-electron chi connectivity index (χ1n) is 7.14. The SMILES string of the molecule is CC(=O)N1CC[C@H](c2nc(C)cc(-c3ccnn3C)n2)C1. The molecule has 0 N–H and O–H groups in total. The van der Waals surface area contributed by atoms with E-state index in [1.165, 1.54) is 0 Å². The molecule has 6 nitrogen and oxygen atoms in total. The first-order valence-corrected chi connectivity index (χ1v) is 7.14. The molecule has 110 valence electrons. The van der Waals surface area contributed by atoms with E-state index in [0.29, 0.717) is 6.54 Å². The fourth-order valence-electron chi connectivity index (χ4n) is 2.79. The highest BCUT2D eigenvalue weighted by Gasteiger charge is 2.28. The number of hydrogen-bond acceptors (Lipinski definition) is 4. The predicted molar refractivity (Wildman–Crippen MR) is 78.6 cm³/mol. The molecule has 1 fully saturated rings. The van der Waals surface area contributed by atoms with Crippen molar-refractivity contribution in [1.82, 2.24) is 24.6 Å². The van der Waals surface area contributed by atoms with Crippen molar-refractivity contribution in [1.29, 1.82) is 0 Å². The number of aromatic nitrogens is 4. The van der Waals surface area contributed by atoms with E-state index in [-0.39, 0.29) is 11.8 Å². The Balaban J connectivity index is 1.92. The summed E-state index contributed by atoms with van der Waals surface area (Å²) in [6, 6.07) is 3.92. The van der Waals surface area contributed by atoms with Crippen LogP contribution in [0.4, 0.5) is 0 Å². The molecule has 3 rings (SSSR count). The molecule has 0 radical (unpaired) electrons. The summed E-state index contributed by atoms with van der Waals surface area (Å²) < 4.78 is 1.81. The summed E-state index contributed by atoms with van der Waals surface area (Å²) in [5.74, 6) is 1.17. The quantitative estimate of drug-likeness (QED) is 0.839. The van der Waals surface area contributed by atoms with Gasteiger partial charge < -0.3 is 4.90 Å². The lowest BCUT2D eigenvalue weighted by Crippen LogP contribution is -2.25. The van der Waals surface area contributed by atoms with Gasteiger partial charge in [-0.15, -0.1) is 0 Å². The number of amides is 1. The normalized spacial score (nSPS) is 18.2. The number of carbonyl (C=O) groups is 1. The van der Waals surface area contributed by atoms with E-state index in [1.54, 1.807) is 13.1 Å². The molecular weight excluding hydrogens is 266 g/mol. The Bertz CT molecular complexity index is 678. The van der Waals surface area contributed by atoms with E-state index in [9.17, 15) is 4.79 Å². The molecule has 0 aliphatic carbocycles. The molecule has 1 amide bonds. The molecule has 1 atom stereocenters. The van der Waals surface area contributed by atoms with Crippen LogP contribution in [0.5, 0.6) is 0 Å². The highest BCUT2D eigenvalue weighted by atomic mass is 16.2. The fraction of sp³-hybridized carbons (Fsp3) is 0.467. The van der Waals surface area contributed by atoms with Crippen LogP contribution in [0.3, 0.4) is 0 Å². The van der Waals surface area contributed by atoms with Crippen molar-refractivity contribution in [2.45, 2.75) is 26.2 Å². The van der Waals surface area contributed by atoms with Gasteiger partial charge >= 0.3 is 0 Å². The summed E-state index contributed by atoms with van der Waals surface area (Å²) in [5.41, 5.74) is 2.81. The molecule has 2 aromatic heterocycles. The second-order valence-electron chi connectivity index (χ2n) is 5.54. The fourth-order valence-corrected chi connectivity index (χ4v) is 2.79. The molecular formula is C15H19N5O. The maximum Gasteiger partial charge on any atom is 0.219 e. The van der Waals surface area contributed by atoms with Gasteiger partial charge in [0.1, 0.15) is 5.82 Å². The van der Waals surface area contributed by atoms with E-state index >= 15 is 0 Å². The van der Waals surface area contributed by atoms with Crippen molar-refractivity contribution in [3.05, 3.63) is 29.8 Å². The summed E-state index contributed by atoms with van der Waals surface area (Å²) in [4.78, 5) is 22.6. The van der Waals surface area contributed by atoms with Crippen molar-refractivity contribution < 1.29 is 4.79 Å². The van der Waals surface area contributed by atoms with E-state index in [2.05, 4.69) is 10.1 Å². The minimum absolute atomic E-state index is 0.122. The number of nitrogens with zero attached hydrogens (tertiary/aromatic N) is 5. The van der Waals surface area contributed by atoms with Gasteiger partial charge in [-0.05, 0) is 25.5 Å². The molecule has 0 unspecified atom stereocenters. The summed E-state index contributed by atoms with van der Waals surface area (Å²) in [6.45, 7) is 5.09. The lowest BCUT2D eigenvalue weighted by molar-refractivity contribution is -0.127. The molecule has 21 heavy (non-hydrogen) atoms. The lowest BCUT2D eigenvalue weighted by Gasteiger charge is -2.14. The Morgan fingerprint density at radius 3 is 2.81 bits per heavy atom. The van der Waals surface area contributed by atoms with E-state index in [0.717, 1.165) is 35.9 Å². The highest BCUT2D eigenvalue weighted by Crippen LogP contribution is 2.27. The zero-order valence-electron chi connectivity index (χ0n) is 12.6. The van der Waals surface area contributed by atoms with Crippen LogP contribution >= 0.6 is 0 Å². The first kappa shape index (κ1) is 13.7. The first-order chi connectivity index (χ1) is 10.0. The number of aryl methyl sites for hydroxylation is 2. The molecule has 0 bridgehead atoms. The standard InChI is InChI=1S/C15H19N5O/c1-10-8-13(14-4-6-16-19(14)3)18-15(17-10)12-5-7-20(9-12)11(2)21/h4,6,8,12H,5,7,9H2,1-3H3/t12-/m0/s1. The van der Waals surface area contributed by atoms with Crippen LogP contribution in [0.25, 0.3) is 11.4 Å². The van der Waals surface area contributed by atoms with Gasteiger partial charge in [-0.2, -0.15) is 5.10 Å². The smallest absolute Gasteiger partial charge is 0.219 e. The molecule has 1 saturated heterocycles. The molecule has 0 saturated carbocycles. The maximum atomic E-state index is 11.5. The zero-order chi connectivity index (χ0) is 15.0. The van der Waals surface area contributed by atoms with Gasteiger partial charge in [0.15, 0.2) is 0 Å². The van der Waals surface area contributed by atoms with Gasteiger partial charge in [0.05, 0.1) is 11.4 Å². The minimum Gasteiger partial charge on any atom is -0.342 e. The van der Waals surface area contributed by atoms with Crippen molar-refractivity contribution >= 4 is 5.91 Å². The maximum absolute atomic E-state index is 11.5. The molecule has 3 heterocycles. The van der Waals surface area contributed by atoms with Crippen molar-refractivity contribution in [3.63, 3.8) is 0 Å². The van der Waals surface area contributed by atoms with Crippen molar-refractivity contribution in [2.75, 3.05) is 13.1 Å². The number of carbonyl (C=O) groups excluding carboxylic acids is 1. The van der Waals surface area contributed by atoms with Crippen LogP contribution in [0.1, 0.15) is 30.8 Å². The van der Waals surface area contributed by atoms with E-state index in [1.807, 2.05) is 35.7 Å². The predicted octanol–water partition coefficient (Wildman–Crippen LogP) is 1.52. The monoisotopic (exact) mass is 285 g/mol. The van der Waals surface area contributed by atoms with Crippen LogP contribution in [-0.4, -0.2) is 43.6 Å². The lowest BCUT2D eigenvalue weighted by atomic mass is 10.1. The van der Waals surface area contributed by atoms with Crippen LogP contribution in [0, 0.1) is 6.92 Å². The minimum atomic E-state index is 0.122. The second kappa shape index (κ2) is 5.27. The van der Waals surface area contributed by atoms with E-state index in [4.69, 9.17) is 4.98 Å². The molecule has 2 aromatic rings. The summed E-state index contributed by atoms with van der Waals surface area (Å²) in [6.07, 6.45) is 2.69. The third-order valence-electron chi connectivity index (χ3n) is 3.95. The van der Waals surface area contributed by atoms with Gasteiger partial charge in [-0.1, -0.05) is 0 Å². The Labute approximate surface area is 123 Å². The highest BCUT2D eigenvalue weighted by molar-refractivity contribution is 5.73. The molecule has 0 aromatic carbocycles. The van der Waals surface area contributed by atoms with Crippen molar-refractivity contribution in [3.8, 4) is 11.4 Å². The topological polar surface area (TPSA) is 63.9 Å². The van der Waals surface area contributed by atoms with Crippen LogP contribution in [0.15, 0.2) is 18.3 Å². The molecule has 6 heteroatoms. The Morgan fingerprint density at radius 2 is 2.19 bits per heavy atom. The third kappa shape index (κ3) is 2.66. The average Bonchev–Trinajstić information content (AvgIpc) is 3.06. The Morgan fingerprint density at radius 1 is 1.38 bits per heavy atom. The van der Waals surface area contributed by atoms with Gasteiger partial charge in [0, 0.05) is 44.9 Å². The molecule has 1 aliphatic rings. The van der Waals surface area contributed by atoms with Crippen LogP contribution in [-0.2, 0) is 11.8 Å². The van der Waals surface area contributed by atoms with Crippen LogP contribution in [0.2, 0.25) is 0 Å². The third-order valence-corrected chi connectivity index (χ3v) is 3.95. The summed E-state index contributed by atoms with van der Waals surface area (Å²) in [7, 11) is 1.90. The van der Waals surface area contributed by atoms with E-state index < -0.39 is 0 Å². The average molecular weight is 285 g/mol. The second-order valence-corrected chi connectivity index (χ2v) is 5.54. The largest absolute Gasteiger partial charge is 0.342 e. The summed E-state index contributed by atoms with van der Waals surface area (Å²) >= 11 is 0. The molecule has 0 spiro atoms. The van der Waals surface area contributed by atoms with Gasteiger partial charge in [0.2, 0.25) is 5.91 Å². The van der Waals surface area contributed by atoms with Crippen LogP contribution < -0.4 is 0 Å². The zero-order valence-corrected chi connectivity index (χ0v) is 12.6. The Hall–Kier alpha value is -2.24. The van der Waals surface area contributed by atoms with Gasteiger partial charge in [0.25, 0.3) is 0 Å².